The lowest BCUT2D eigenvalue weighted by Crippen LogP contribution is -2.14. The summed E-state index contributed by atoms with van der Waals surface area (Å²) >= 11 is 0. The first kappa shape index (κ1) is 24.4. The zero-order valence-electron chi connectivity index (χ0n) is 17.3. The highest BCUT2D eigenvalue weighted by molar-refractivity contribution is 7.92. The fraction of sp³-hybridized carbons (Fsp3) is 0.143. The fourth-order valence-electron chi connectivity index (χ4n) is 2.94. The van der Waals surface area contributed by atoms with Crippen molar-refractivity contribution in [2.75, 3.05) is 22.8 Å². The third-order valence-electron chi connectivity index (χ3n) is 4.46. The third-order valence-corrected chi connectivity index (χ3v) is 6.45. The van der Waals surface area contributed by atoms with E-state index in [9.17, 15) is 30.0 Å². The van der Waals surface area contributed by atoms with Gasteiger partial charge in [0, 0.05) is 0 Å². The van der Waals surface area contributed by atoms with Gasteiger partial charge in [-0.1, -0.05) is 24.3 Å². The highest BCUT2D eigenvalue weighted by Gasteiger charge is 2.30. The molecule has 0 heterocycles. The minimum Gasteiger partial charge on any atom is -0.495 e. The zero-order chi connectivity index (χ0) is 24.4. The van der Waals surface area contributed by atoms with E-state index in [0.29, 0.717) is 11.1 Å². The van der Waals surface area contributed by atoms with Crippen LogP contribution in [0.2, 0.25) is 0 Å². The Morgan fingerprint density at radius 2 is 1.33 bits per heavy atom. The van der Waals surface area contributed by atoms with Crippen LogP contribution in [-0.4, -0.2) is 30.2 Å². The van der Waals surface area contributed by atoms with Gasteiger partial charge in [0.05, 0.1) is 35.2 Å². The second-order valence-electron chi connectivity index (χ2n) is 6.99. The number of halogens is 3. The first-order valence-corrected chi connectivity index (χ1v) is 12.6. The van der Waals surface area contributed by atoms with Gasteiger partial charge < -0.3 is 4.74 Å². The normalized spacial score (nSPS) is 12.3. The predicted octanol–water partition coefficient (Wildman–Crippen LogP) is 4.55. The van der Waals surface area contributed by atoms with Gasteiger partial charge in [0.25, 0.3) is 10.0 Å². The molecule has 7 nitrogen and oxygen atoms in total. The molecular weight excluding hydrogens is 481 g/mol. The molecule has 0 aliphatic carbocycles. The quantitative estimate of drug-likeness (QED) is 0.496. The molecule has 0 spiro atoms. The smallest absolute Gasteiger partial charge is 0.416 e. The third kappa shape index (κ3) is 6.17. The van der Waals surface area contributed by atoms with E-state index in [1.165, 1.54) is 61.7 Å². The van der Waals surface area contributed by atoms with Gasteiger partial charge in [-0.05, 0) is 53.6 Å². The highest BCUT2D eigenvalue weighted by Crippen LogP contribution is 2.32. The molecule has 3 aromatic rings. The first-order chi connectivity index (χ1) is 15.3. The van der Waals surface area contributed by atoms with E-state index in [1.807, 2.05) is 0 Å². The maximum absolute atomic E-state index is 12.7. The lowest BCUT2D eigenvalue weighted by molar-refractivity contribution is -0.137. The molecule has 0 bridgehead atoms. The van der Waals surface area contributed by atoms with E-state index in [0.717, 1.165) is 18.4 Å². The van der Waals surface area contributed by atoms with E-state index >= 15 is 0 Å². The van der Waals surface area contributed by atoms with Crippen LogP contribution in [0.25, 0.3) is 11.1 Å². The van der Waals surface area contributed by atoms with Gasteiger partial charge >= 0.3 is 6.18 Å². The van der Waals surface area contributed by atoms with Crippen molar-refractivity contribution in [1.29, 1.82) is 0 Å². The summed E-state index contributed by atoms with van der Waals surface area (Å²) in [6.07, 6.45) is -3.50. The monoisotopic (exact) mass is 500 g/mol. The van der Waals surface area contributed by atoms with Crippen molar-refractivity contribution in [3.05, 3.63) is 72.3 Å². The maximum Gasteiger partial charge on any atom is 0.416 e. The summed E-state index contributed by atoms with van der Waals surface area (Å²) in [6, 6.07) is 14.2. The Balaban J connectivity index is 1.83. The number of hydrogen-bond donors (Lipinski definition) is 2. The van der Waals surface area contributed by atoms with Crippen LogP contribution in [0.3, 0.4) is 0 Å². The largest absolute Gasteiger partial charge is 0.495 e. The van der Waals surface area contributed by atoms with Crippen molar-refractivity contribution in [2.24, 2.45) is 0 Å². The van der Waals surface area contributed by atoms with Crippen LogP contribution in [0.4, 0.5) is 24.5 Å². The Morgan fingerprint density at radius 3 is 1.82 bits per heavy atom. The standard InChI is InChI=1S/C21H19F3N2O5S2/c1-31-20-12-9-17(13-19(20)26-32(2,27)28)25-33(29,30)18-10-5-15(6-11-18)14-3-7-16(8-4-14)21(22,23)24/h3-13,25-26H,1-2H3. The topological polar surface area (TPSA) is 102 Å². The summed E-state index contributed by atoms with van der Waals surface area (Å²) in [4.78, 5) is -0.0911. The van der Waals surface area contributed by atoms with Crippen LogP contribution in [0.1, 0.15) is 5.56 Å². The summed E-state index contributed by atoms with van der Waals surface area (Å²) in [5.41, 5.74) is 0.392. The molecule has 0 aliphatic rings. The SMILES string of the molecule is COc1ccc(NS(=O)(=O)c2ccc(-c3ccc(C(F)(F)F)cc3)cc2)cc1NS(C)(=O)=O. The number of methoxy groups -OCH3 is 1. The molecule has 12 heteroatoms. The second-order valence-corrected chi connectivity index (χ2v) is 10.4. The van der Waals surface area contributed by atoms with Crippen LogP contribution in [0, 0.1) is 0 Å². The highest BCUT2D eigenvalue weighted by atomic mass is 32.2. The molecular formula is C21H19F3N2O5S2. The molecule has 0 radical (unpaired) electrons. The van der Waals surface area contributed by atoms with Gasteiger partial charge in [-0.25, -0.2) is 16.8 Å². The number of hydrogen-bond acceptors (Lipinski definition) is 5. The average Bonchev–Trinajstić information content (AvgIpc) is 2.72. The molecule has 0 aliphatic heterocycles. The van der Waals surface area contributed by atoms with E-state index in [4.69, 9.17) is 4.74 Å². The van der Waals surface area contributed by atoms with Crippen molar-refractivity contribution < 1.29 is 34.7 Å². The molecule has 176 valence electrons. The summed E-state index contributed by atoms with van der Waals surface area (Å²) in [5, 5.41) is 0. The minimum absolute atomic E-state index is 0.0536. The van der Waals surface area contributed by atoms with Crippen LogP contribution in [0.15, 0.2) is 71.6 Å². The lowest BCUT2D eigenvalue weighted by atomic mass is 10.0. The van der Waals surface area contributed by atoms with Crippen LogP contribution >= 0.6 is 0 Å². The van der Waals surface area contributed by atoms with Crippen LogP contribution in [-0.2, 0) is 26.2 Å². The molecule has 0 aromatic heterocycles. The number of anilines is 2. The number of nitrogens with one attached hydrogen (secondary N) is 2. The summed E-state index contributed by atoms with van der Waals surface area (Å²) in [7, 11) is -6.33. The van der Waals surface area contributed by atoms with E-state index < -0.39 is 31.8 Å². The summed E-state index contributed by atoms with van der Waals surface area (Å²) < 4.78 is 96.4. The van der Waals surface area contributed by atoms with Crippen LogP contribution < -0.4 is 14.2 Å². The number of sulfonamides is 2. The van der Waals surface area contributed by atoms with Crippen molar-refractivity contribution in [1.82, 2.24) is 0 Å². The number of rotatable bonds is 7. The Morgan fingerprint density at radius 1 is 0.788 bits per heavy atom. The van der Waals surface area contributed by atoms with Gasteiger partial charge in [0.15, 0.2) is 0 Å². The van der Waals surface area contributed by atoms with Crippen molar-refractivity contribution >= 4 is 31.4 Å². The zero-order valence-corrected chi connectivity index (χ0v) is 19.0. The Kier molecular flexibility index (Phi) is 6.61. The molecule has 0 saturated heterocycles. The number of ether oxygens (including phenoxy) is 1. The van der Waals surface area contributed by atoms with Crippen molar-refractivity contribution in [3.8, 4) is 16.9 Å². The number of benzene rings is 3. The minimum atomic E-state index is -4.44. The Bertz CT molecular complexity index is 1350. The lowest BCUT2D eigenvalue weighted by Gasteiger charge is -2.13. The molecule has 3 aromatic carbocycles. The van der Waals surface area contributed by atoms with Crippen LogP contribution in [0.5, 0.6) is 5.75 Å². The van der Waals surface area contributed by atoms with Gasteiger partial charge in [-0.15, -0.1) is 0 Å². The van der Waals surface area contributed by atoms with E-state index in [2.05, 4.69) is 9.44 Å². The fourth-order valence-corrected chi connectivity index (χ4v) is 4.55. The molecule has 3 rings (SSSR count). The second kappa shape index (κ2) is 8.94. The first-order valence-electron chi connectivity index (χ1n) is 9.25. The molecule has 0 fully saturated rings. The Labute approximate surface area is 189 Å². The molecule has 2 N–H and O–H groups in total. The van der Waals surface area contributed by atoms with Gasteiger partial charge in [0.1, 0.15) is 5.75 Å². The van der Waals surface area contributed by atoms with E-state index in [1.54, 1.807) is 0 Å². The molecule has 0 saturated carbocycles. The van der Waals surface area contributed by atoms with Gasteiger partial charge in [-0.2, -0.15) is 13.2 Å². The predicted molar refractivity (Wildman–Crippen MR) is 119 cm³/mol. The number of alkyl halides is 3. The summed E-state index contributed by atoms with van der Waals surface area (Å²) in [5.74, 6) is 0.198. The maximum atomic E-state index is 12.7. The molecule has 0 amide bonds. The van der Waals surface area contributed by atoms with Gasteiger partial charge in [-0.3, -0.25) is 9.44 Å². The Hall–Kier alpha value is -3.25. The molecule has 0 atom stereocenters. The summed E-state index contributed by atoms with van der Waals surface area (Å²) in [6.45, 7) is 0. The van der Waals surface area contributed by atoms with E-state index in [-0.39, 0.29) is 22.0 Å². The molecule has 33 heavy (non-hydrogen) atoms. The van der Waals surface area contributed by atoms with Crippen molar-refractivity contribution in [2.45, 2.75) is 11.1 Å². The molecule has 0 unspecified atom stereocenters. The van der Waals surface area contributed by atoms with Crippen molar-refractivity contribution in [3.63, 3.8) is 0 Å². The van der Waals surface area contributed by atoms with Gasteiger partial charge in [0.2, 0.25) is 10.0 Å². The average molecular weight is 501 g/mol.